The fourth-order valence-corrected chi connectivity index (χ4v) is 2.36. The molecule has 3 nitrogen and oxygen atoms in total. The summed E-state index contributed by atoms with van der Waals surface area (Å²) >= 11 is 0. The van der Waals surface area contributed by atoms with E-state index < -0.39 is 0 Å². The number of hydrogen-bond donors (Lipinski definition) is 0. The van der Waals surface area contributed by atoms with Gasteiger partial charge in [0.15, 0.2) is 5.76 Å². The second kappa shape index (κ2) is 4.21. The molecule has 0 N–H and O–H groups in total. The summed E-state index contributed by atoms with van der Waals surface area (Å²) in [6.07, 6.45) is 0.726. The molecule has 1 atom stereocenters. The molecule has 1 aliphatic rings. The van der Waals surface area contributed by atoms with Crippen molar-refractivity contribution in [2.24, 2.45) is 5.92 Å². The van der Waals surface area contributed by atoms with Gasteiger partial charge in [-0.3, -0.25) is 4.79 Å². The van der Waals surface area contributed by atoms with Crippen LogP contribution in [-0.4, -0.2) is 19.0 Å². The van der Waals surface area contributed by atoms with E-state index in [9.17, 15) is 9.18 Å². The van der Waals surface area contributed by atoms with Crippen molar-refractivity contribution in [1.82, 2.24) is 0 Å². The largest absolute Gasteiger partial charge is 0.453 e. The predicted molar refractivity (Wildman–Crippen MR) is 64.2 cm³/mol. The van der Waals surface area contributed by atoms with Crippen molar-refractivity contribution in [3.8, 4) is 0 Å². The van der Waals surface area contributed by atoms with Crippen LogP contribution in [0.3, 0.4) is 0 Å². The molecule has 0 amide bonds. The first-order valence-electron chi connectivity index (χ1n) is 5.97. The maximum absolute atomic E-state index is 13.1. The highest BCUT2D eigenvalue weighted by Crippen LogP contribution is 2.29. The molecule has 2 aromatic rings. The molecule has 0 saturated carbocycles. The van der Waals surface area contributed by atoms with E-state index in [1.54, 1.807) is 6.07 Å². The van der Waals surface area contributed by atoms with Crippen molar-refractivity contribution < 1.29 is 18.3 Å². The highest BCUT2D eigenvalue weighted by Gasteiger charge is 2.29. The van der Waals surface area contributed by atoms with Crippen molar-refractivity contribution in [3.63, 3.8) is 0 Å². The van der Waals surface area contributed by atoms with Gasteiger partial charge in [0.1, 0.15) is 11.4 Å². The Hall–Kier alpha value is -1.68. The highest BCUT2D eigenvalue weighted by molar-refractivity contribution is 6.01. The van der Waals surface area contributed by atoms with Gasteiger partial charge in [0, 0.05) is 23.6 Å². The number of ether oxygens (including phenoxy) is 1. The van der Waals surface area contributed by atoms with Crippen LogP contribution in [0.5, 0.6) is 0 Å². The quantitative estimate of drug-likeness (QED) is 0.766. The lowest BCUT2D eigenvalue weighted by Crippen LogP contribution is -2.14. The molecule has 18 heavy (non-hydrogen) atoms. The number of aryl methyl sites for hydroxylation is 1. The predicted octanol–water partition coefficient (Wildman–Crippen LogP) is 3.10. The zero-order valence-corrected chi connectivity index (χ0v) is 10.0. The molecule has 3 rings (SSSR count). The summed E-state index contributed by atoms with van der Waals surface area (Å²) in [7, 11) is 0. The number of halogens is 1. The molecule has 0 spiro atoms. The number of furan rings is 1. The molecular weight excluding hydrogens is 235 g/mol. The summed E-state index contributed by atoms with van der Waals surface area (Å²) in [5, 5.41) is 0.790. The lowest BCUT2D eigenvalue weighted by atomic mass is 9.99. The second-order valence-corrected chi connectivity index (χ2v) is 4.62. The van der Waals surface area contributed by atoms with E-state index in [0.29, 0.717) is 24.6 Å². The van der Waals surface area contributed by atoms with Gasteiger partial charge in [-0.15, -0.1) is 0 Å². The summed E-state index contributed by atoms with van der Waals surface area (Å²) in [4.78, 5) is 12.3. The number of ketones is 1. The topological polar surface area (TPSA) is 39.4 Å². The van der Waals surface area contributed by atoms with Gasteiger partial charge in [0.25, 0.3) is 0 Å². The minimum Gasteiger partial charge on any atom is -0.453 e. The summed E-state index contributed by atoms with van der Waals surface area (Å²) in [5.74, 6) is -0.193. The zero-order valence-electron chi connectivity index (χ0n) is 10.0. The van der Waals surface area contributed by atoms with E-state index in [-0.39, 0.29) is 17.5 Å². The van der Waals surface area contributed by atoms with Crippen molar-refractivity contribution in [1.29, 1.82) is 0 Å². The van der Waals surface area contributed by atoms with Gasteiger partial charge in [-0.2, -0.15) is 0 Å². The Morgan fingerprint density at radius 3 is 3.00 bits per heavy atom. The number of rotatable bonds is 2. The number of benzene rings is 1. The van der Waals surface area contributed by atoms with Gasteiger partial charge in [-0.25, -0.2) is 4.39 Å². The molecule has 0 aliphatic carbocycles. The monoisotopic (exact) mass is 248 g/mol. The molecule has 1 aromatic heterocycles. The molecule has 1 unspecified atom stereocenters. The third kappa shape index (κ3) is 1.73. The van der Waals surface area contributed by atoms with E-state index in [0.717, 1.165) is 17.4 Å². The second-order valence-electron chi connectivity index (χ2n) is 4.62. The molecule has 1 saturated heterocycles. The number of Topliss-reactive ketones (excluding diaryl/α,β-unsaturated/α-hetero) is 1. The Kier molecular flexibility index (Phi) is 2.67. The number of carbonyl (C=O) groups is 1. The third-order valence-corrected chi connectivity index (χ3v) is 3.42. The highest BCUT2D eigenvalue weighted by atomic mass is 19.1. The Balaban J connectivity index is 2.06. The van der Waals surface area contributed by atoms with Gasteiger partial charge in [-0.05, 0) is 25.5 Å². The van der Waals surface area contributed by atoms with E-state index in [1.165, 1.54) is 12.1 Å². The van der Waals surface area contributed by atoms with Gasteiger partial charge >= 0.3 is 0 Å². The fraction of sp³-hybridized carbons (Fsp3) is 0.357. The van der Waals surface area contributed by atoms with E-state index in [4.69, 9.17) is 9.15 Å². The van der Waals surface area contributed by atoms with Crippen LogP contribution >= 0.6 is 0 Å². The van der Waals surface area contributed by atoms with Crippen LogP contribution in [0.25, 0.3) is 11.0 Å². The van der Waals surface area contributed by atoms with Crippen molar-refractivity contribution in [3.05, 3.63) is 35.3 Å². The van der Waals surface area contributed by atoms with Gasteiger partial charge in [0.2, 0.25) is 5.78 Å². The Morgan fingerprint density at radius 1 is 1.44 bits per heavy atom. The first kappa shape index (κ1) is 11.4. The van der Waals surface area contributed by atoms with Gasteiger partial charge < -0.3 is 9.15 Å². The van der Waals surface area contributed by atoms with Crippen LogP contribution in [-0.2, 0) is 4.74 Å². The normalized spacial score (nSPS) is 19.6. The average molecular weight is 248 g/mol. The van der Waals surface area contributed by atoms with E-state index >= 15 is 0 Å². The first-order valence-corrected chi connectivity index (χ1v) is 5.97. The third-order valence-electron chi connectivity index (χ3n) is 3.42. The summed E-state index contributed by atoms with van der Waals surface area (Å²) in [6, 6.07) is 4.33. The molecular formula is C14H13FO3. The molecule has 0 radical (unpaired) electrons. The summed E-state index contributed by atoms with van der Waals surface area (Å²) < 4.78 is 23.8. The van der Waals surface area contributed by atoms with Crippen LogP contribution in [0.1, 0.15) is 22.5 Å². The van der Waals surface area contributed by atoms with E-state index in [2.05, 4.69) is 0 Å². The van der Waals surface area contributed by atoms with Crippen LogP contribution in [0.2, 0.25) is 0 Å². The Morgan fingerprint density at radius 2 is 2.28 bits per heavy atom. The molecule has 1 fully saturated rings. The smallest absolute Gasteiger partial charge is 0.203 e. The maximum Gasteiger partial charge on any atom is 0.203 e. The van der Waals surface area contributed by atoms with Crippen LogP contribution in [0, 0.1) is 18.7 Å². The first-order chi connectivity index (χ1) is 8.66. The van der Waals surface area contributed by atoms with Crippen LogP contribution in [0.4, 0.5) is 4.39 Å². The SMILES string of the molecule is Cc1c(C(=O)C2CCOC2)oc2cc(F)ccc12. The van der Waals surface area contributed by atoms with Crippen molar-refractivity contribution in [2.75, 3.05) is 13.2 Å². The minimum absolute atomic E-state index is 0.0402. The molecule has 94 valence electrons. The van der Waals surface area contributed by atoms with Crippen LogP contribution < -0.4 is 0 Å². The summed E-state index contributed by atoms with van der Waals surface area (Å²) in [6.45, 7) is 2.89. The van der Waals surface area contributed by atoms with Gasteiger partial charge in [-0.1, -0.05) is 0 Å². The molecule has 4 heteroatoms. The molecule has 0 bridgehead atoms. The molecule has 2 heterocycles. The molecule has 1 aliphatic heterocycles. The average Bonchev–Trinajstić information content (AvgIpc) is 2.97. The lowest BCUT2D eigenvalue weighted by Gasteiger charge is -2.03. The summed E-state index contributed by atoms with van der Waals surface area (Å²) in [5.41, 5.74) is 1.21. The van der Waals surface area contributed by atoms with Crippen LogP contribution in [0.15, 0.2) is 22.6 Å². The maximum atomic E-state index is 13.1. The Bertz CT molecular complexity index is 609. The molecule has 1 aromatic carbocycles. The zero-order chi connectivity index (χ0) is 12.7. The standard InChI is InChI=1S/C14H13FO3/c1-8-11-3-2-10(15)6-12(11)18-14(8)13(16)9-4-5-17-7-9/h2-3,6,9H,4-5,7H2,1H3. The van der Waals surface area contributed by atoms with Crippen molar-refractivity contribution in [2.45, 2.75) is 13.3 Å². The van der Waals surface area contributed by atoms with Crippen molar-refractivity contribution >= 4 is 16.8 Å². The number of carbonyl (C=O) groups excluding carboxylic acids is 1. The van der Waals surface area contributed by atoms with Gasteiger partial charge in [0.05, 0.1) is 12.5 Å². The fourth-order valence-electron chi connectivity index (χ4n) is 2.36. The number of fused-ring (bicyclic) bond motifs is 1. The Labute approximate surface area is 104 Å². The number of hydrogen-bond acceptors (Lipinski definition) is 3. The minimum atomic E-state index is -0.362. The lowest BCUT2D eigenvalue weighted by molar-refractivity contribution is 0.0873. The van der Waals surface area contributed by atoms with E-state index in [1.807, 2.05) is 6.92 Å².